The molecule has 1 fully saturated rings. The number of amides is 2. The Hall–Kier alpha value is -4.20. The lowest BCUT2D eigenvalue weighted by Gasteiger charge is -2.48. The summed E-state index contributed by atoms with van der Waals surface area (Å²) in [5.74, 6) is -1.17. The number of aryl methyl sites for hydroxylation is 2. The number of ether oxygens (including phenoxy) is 3. The predicted molar refractivity (Wildman–Crippen MR) is 202 cm³/mol. The third-order valence-corrected chi connectivity index (χ3v) is 13.6. The maximum absolute atomic E-state index is 14.6. The molecule has 1 spiro atoms. The lowest BCUT2D eigenvalue weighted by Crippen LogP contribution is -2.53. The van der Waals surface area contributed by atoms with E-state index in [1.165, 1.54) is 29.1 Å². The summed E-state index contributed by atoms with van der Waals surface area (Å²) >= 11 is 6.45. The molecule has 2 aromatic carbocycles. The number of halogens is 1. The maximum atomic E-state index is 14.6. The molecule has 1 aromatic heterocycles. The van der Waals surface area contributed by atoms with Gasteiger partial charge in [0.15, 0.2) is 6.29 Å². The Balaban J connectivity index is 1.33. The molecular weight excluding hydrogens is 718 g/mol. The zero-order valence-corrected chi connectivity index (χ0v) is 32.1. The minimum Gasteiger partial charge on any atom is -0.490 e. The van der Waals surface area contributed by atoms with E-state index in [1.807, 2.05) is 25.1 Å². The quantitative estimate of drug-likeness (QED) is 0.255. The molecule has 1 N–H and O–H groups in total. The Morgan fingerprint density at radius 3 is 2.75 bits per heavy atom. The number of methoxy groups -OCH3 is 2. The monoisotopic (exact) mass is 763 g/mol. The summed E-state index contributed by atoms with van der Waals surface area (Å²) in [7, 11) is 0.899. The Bertz CT molecular complexity index is 2090. The van der Waals surface area contributed by atoms with Gasteiger partial charge in [-0.1, -0.05) is 30.7 Å². The number of aromatic nitrogens is 2. The highest BCUT2D eigenvalue weighted by molar-refractivity contribution is 7.92. The Morgan fingerprint density at radius 1 is 1.19 bits per heavy atom. The molecule has 53 heavy (non-hydrogen) atoms. The second kappa shape index (κ2) is 14.6. The van der Waals surface area contributed by atoms with Crippen molar-refractivity contribution in [2.24, 2.45) is 29.2 Å². The second-order valence-corrected chi connectivity index (χ2v) is 17.4. The zero-order chi connectivity index (χ0) is 37.5. The van der Waals surface area contributed by atoms with Crippen LogP contribution in [0.25, 0.3) is 0 Å². The lowest BCUT2D eigenvalue weighted by atomic mass is 9.64. The summed E-state index contributed by atoms with van der Waals surface area (Å²) in [6.45, 7) is 3.51. The van der Waals surface area contributed by atoms with Crippen molar-refractivity contribution in [2.75, 3.05) is 44.6 Å². The minimum atomic E-state index is -3.68. The van der Waals surface area contributed by atoms with Gasteiger partial charge in [0.1, 0.15) is 26.8 Å². The maximum Gasteiger partial charge on any atom is 0.286 e. The summed E-state index contributed by atoms with van der Waals surface area (Å²) in [4.78, 5) is 42.8. The van der Waals surface area contributed by atoms with Gasteiger partial charge in [-0.2, -0.15) is 0 Å². The molecule has 7 rings (SSSR count). The van der Waals surface area contributed by atoms with Gasteiger partial charge in [-0.15, -0.1) is 9.46 Å². The molecule has 14 heteroatoms. The van der Waals surface area contributed by atoms with E-state index in [1.54, 1.807) is 32.4 Å². The predicted octanol–water partition coefficient (Wildman–Crippen LogP) is 5.71. The van der Waals surface area contributed by atoms with Crippen LogP contribution in [0.1, 0.15) is 70.9 Å². The number of fused-ring (bicyclic) bond motifs is 4. The minimum absolute atomic E-state index is 0.0508. The van der Waals surface area contributed by atoms with Gasteiger partial charge in [0.05, 0.1) is 25.2 Å². The van der Waals surface area contributed by atoms with Crippen molar-refractivity contribution in [2.45, 2.75) is 56.5 Å². The number of carbonyl (C=O) groups excluding carboxylic acids is 3. The van der Waals surface area contributed by atoms with E-state index in [0.717, 1.165) is 44.1 Å². The van der Waals surface area contributed by atoms with Crippen LogP contribution in [0.4, 0.5) is 5.69 Å². The van der Waals surface area contributed by atoms with Crippen LogP contribution >= 0.6 is 11.6 Å². The van der Waals surface area contributed by atoms with Crippen molar-refractivity contribution in [1.29, 1.82) is 0 Å². The van der Waals surface area contributed by atoms with E-state index in [0.29, 0.717) is 36.9 Å². The molecule has 3 aromatic rings. The van der Waals surface area contributed by atoms with Gasteiger partial charge in [0.2, 0.25) is 5.88 Å². The summed E-state index contributed by atoms with van der Waals surface area (Å²) in [6, 6.07) is 11.3. The molecule has 2 aliphatic heterocycles. The molecule has 2 aliphatic carbocycles. The van der Waals surface area contributed by atoms with Gasteiger partial charge in [-0.25, -0.2) is 4.21 Å². The van der Waals surface area contributed by atoms with Crippen molar-refractivity contribution >= 4 is 45.3 Å². The number of rotatable bonds is 5. The van der Waals surface area contributed by atoms with Crippen molar-refractivity contribution in [1.82, 2.24) is 14.5 Å². The zero-order valence-electron chi connectivity index (χ0n) is 30.5. The van der Waals surface area contributed by atoms with Crippen molar-refractivity contribution in [3.8, 4) is 11.6 Å². The standard InChI is InChI=1S/C39H46ClN5O7S/c1-25-7-5-16-39(23-46,51-4)32-12-9-28(32)19-45-22-38(15-6-8-26-17-29(40)11-13-31(26)38)24-52-34-14-10-27(18-33(34)45)35(47)42-53(49,21-25)43-36(48)30-20-44(2)41-37(30)50-3/h5,10-11,13-14,16-18,20,23,25,28,32H,6-9,12,15,19,21-22,24H2,1-4H3,(H,42,43,47,48,49)/b16-5+/t25-,28-,32+,38-,39+,53?/m0/s1. The number of allylic oxidation sites excluding steroid dienone is 1. The van der Waals surface area contributed by atoms with E-state index in [2.05, 4.69) is 31.2 Å². The fourth-order valence-corrected chi connectivity index (χ4v) is 10.7. The second-order valence-electron chi connectivity index (χ2n) is 15.0. The highest BCUT2D eigenvalue weighted by Gasteiger charge is 2.49. The number of hydrogen-bond acceptors (Lipinski definition) is 9. The van der Waals surface area contributed by atoms with Crippen molar-refractivity contribution in [3.05, 3.63) is 82.0 Å². The van der Waals surface area contributed by atoms with Crippen molar-refractivity contribution in [3.63, 3.8) is 0 Å². The number of benzene rings is 2. The molecule has 1 saturated carbocycles. The first-order chi connectivity index (χ1) is 25.4. The molecule has 3 heterocycles. The van der Waals surface area contributed by atoms with Gasteiger partial charge in [0.25, 0.3) is 11.8 Å². The van der Waals surface area contributed by atoms with Crippen LogP contribution in [-0.4, -0.2) is 77.4 Å². The topological polar surface area (TPSA) is 141 Å². The van der Waals surface area contributed by atoms with E-state index < -0.39 is 27.3 Å². The molecule has 0 radical (unpaired) electrons. The fraction of sp³-hybridized carbons (Fsp3) is 0.487. The first-order valence-electron chi connectivity index (χ1n) is 18.1. The van der Waals surface area contributed by atoms with E-state index in [4.69, 9.17) is 25.8 Å². The molecule has 1 unspecified atom stereocenters. The molecule has 0 saturated heterocycles. The Kier molecular flexibility index (Phi) is 10.2. The van der Waals surface area contributed by atoms with Crippen LogP contribution in [-0.2, 0) is 38.3 Å². The molecule has 6 atom stereocenters. The first-order valence-corrected chi connectivity index (χ1v) is 20.2. The number of nitrogens with one attached hydrogen (secondary N) is 1. The third kappa shape index (κ3) is 7.10. The van der Waals surface area contributed by atoms with Crippen LogP contribution in [0, 0.1) is 17.8 Å². The van der Waals surface area contributed by atoms with Gasteiger partial charge in [0, 0.05) is 55.4 Å². The average molecular weight is 764 g/mol. The highest BCUT2D eigenvalue weighted by Crippen LogP contribution is 2.48. The first kappa shape index (κ1) is 37.1. The van der Waals surface area contributed by atoms with Crippen LogP contribution in [0.3, 0.4) is 0 Å². The van der Waals surface area contributed by atoms with Gasteiger partial charge in [-0.05, 0) is 97.9 Å². The molecular formula is C39H46ClN5O7S. The fourth-order valence-electron chi connectivity index (χ4n) is 8.63. The summed E-state index contributed by atoms with van der Waals surface area (Å²) in [5.41, 5.74) is 1.92. The number of aldehydes is 1. The molecule has 4 aliphatic rings. The van der Waals surface area contributed by atoms with Gasteiger partial charge < -0.3 is 19.1 Å². The molecule has 2 bridgehead atoms. The van der Waals surface area contributed by atoms with Crippen LogP contribution in [0.2, 0.25) is 5.02 Å². The molecule has 12 nitrogen and oxygen atoms in total. The number of nitrogens with zero attached hydrogens (tertiary/aromatic N) is 4. The lowest BCUT2D eigenvalue weighted by molar-refractivity contribution is -0.135. The highest BCUT2D eigenvalue weighted by atomic mass is 35.5. The SMILES string of the molecule is COc1nn(C)cc1C(=O)NS1(=O)=NC(=O)c2ccc3c(c2)N(C[C@@H]2CC[C@H]2[C@@](C=O)(OC)/C=C/C[C@H](C)C1)C[C@@]1(CCCc2cc(Cl)ccc21)CO3. The number of anilines is 1. The number of carbonyl (C=O) groups is 3. The van der Waals surface area contributed by atoms with Gasteiger partial charge in [-0.3, -0.25) is 23.8 Å². The largest absolute Gasteiger partial charge is 0.490 e. The van der Waals surface area contributed by atoms with E-state index in [9.17, 15) is 18.6 Å². The molecule has 282 valence electrons. The molecule has 2 amide bonds. The average Bonchev–Trinajstić information content (AvgIpc) is 3.44. The van der Waals surface area contributed by atoms with Crippen LogP contribution in [0.15, 0.2) is 59.1 Å². The Morgan fingerprint density at radius 2 is 2.02 bits per heavy atom. The summed E-state index contributed by atoms with van der Waals surface area (Å²) in [6.07, 6.45) is 11.0. The van der Waals surface area contributed by atoms with Crippen LogP contribution in [0.5, 0.6) is 11.6 Å². The summed E-state index contributed by atoms with van der Waals surface area (Å²) in [5, 5.41) is 4.84. The number of hydrogen-bond donors (Lipinski definition) is 1. The van der Waals surface area contributed by atoms with E-state index >= 15 is 0 Å². The van der Waals surface area contributed by atoms with E-state index in [-0.39, 0.29) is 45.9 Å². The normalized spacial score (nSPS) is 30.4. The Labute approximate surface area is 315 Å². The third-order valence-electron chi connectivity index (χ3n) is 11.4. The van der Waals surface area contributed by atoms with Gasteiger partial charge >= 0.3 is 0 Å². The smallest absolute Gasteiger partial charge is 0.286 e. The van der Waals surface area contributed by atoms with Crippen LogP contribution < -0.4 is 19.1 Å². The van der Waals surface area contributed by atoms with Crippen molar-refractivity contribution < 1.29 is 32.8 Å². The summed E-state index contributed by atoms with van der Waals surface area (Å²) < 4.78 is 40.7.